The molecule has 0 spiro atoms. The van der Waals surface area contributed by atoms with Crippen LogP contribution in [0.15, 0.2) is 42.5 Å². The summed E-state index contributed by atoms with van der Waals surface area (Å²) >= 11 is 1.48. The maximum atomic E-state index is 12.0. The molecule has 0 saturated carbocycles. The number of nitro groups is 1. The van der Waals surface area contributed by atoms with E-state index in [2.05, 4.69) is 5.32 Å². The number of non-ortho nitro benzene ring substituents is 1. The van der Waals surface area contributed by atoms with Gasteiger partial charge in [-0.1, -0.05) is 24.3 Å². The Morgan fingerprint density at radius 3 is 2.52 bits per heavy atom. The van der Waals surface area contributed by atoms with Gasteiger partial charge in [-0.2, -0.15) is 0 Å². The number of hydrogen-bond acceptors (Lipinski definition) is 4. The van der Waals surface area contributed by atoms with Crippen molar-refractivity contribution in [2.45, 2.75) is 19.6 Å². The van der Waals surface area contributed by atoms with Crippen molar-refractivity contribution in [1.82, 2.24) is 0 Å². The van der Waals surface area contributed by atoms with E-state index in [1.165, 1.54) is 23.9 Å². The smallest absolute Gasteiger partial charge is 0.269 e. The molecule has 0 aliphatic heterocycles. The van der Waals surface area contributed by atoms with Gasteiger partial charge in [0, 0.05) is 23.6 Å². The molecule has 0 unspecified atom stereocenters. The predicted molar refractivity (Wildman–Crippen MR) is 93.8 cm³/mol. The minimum absolute atomic E-state index is 0.0504. The van der Waals surface area contributed by atoms with Crippen molar-refractivity contribution in [1.29, 1.82) is 0 Å². The molecule has 1 N–H and O–H groups in total. The molecule has 0 atom stereocenters. The van der Waals surface area contributed by atoms with Crippen LogP contribution in [0, 0.1) is 24.0 Å². The van der Waals surface area contributed by atoms with Crippen molar-refractivity contribution < 1.29 is 9.72 Å². The first-order chi connectivity index (χ1) is 11.0. The fourth-order valence-electron chi connectivity index (χ4n) is 2.03. The van der Waals surface area contributed by atoms with Crippen molar-refractivity contribution in [3.05, 3.63) is 69.3 Å². The molecule has 0 heterocycles. The van der Waals surface area contributed by atoms with Crippen LogP contribution in [0.25, 0.3) is 0 Å². The van der Waals surface area contributed by atoms with Crippen LogP contribution in [0.2, 0.25) is 0 Å². The monoisotopic (exact) mass is 330 g/mol. The van der Waals surface area contributed by atoms with Crippen LogP contribution < -0.4 is 5.32 Å². The number of rotatable bonds is 6. The molecule has 0 bridgehead atoms. The quantitative estimate of drug-likeness (QED) is 0.640. The normalized spacial score (nSPS) is 10.3. The van der Waals surface area contributed by atoms with E-state index in [1.807, 2.05) is 32.0 Å². The van der Waals surface area contributed by atoms with E-state index >= 15 is 0 Å². The largest absolute Gasteiger partial charge is 0.325 e. The number of nitrogens with zero attached hydrogens (tertiary/aromatic N) is 1. The van der Waals surface area contributed by atoms with E-state index in [9.17, 15) is 14.9 Å². The molecule has 0 aliphatic rings. The lowest BCUT2D eigenvalue weighted by molar-refractivity contribution is -0.384. The van der Waals surface area contributed by atoms with Gasteiger partial charge < -0.3 is 5.32 Å². The number of amides is 1. The second-order valence-electron chi connectivity index (χ2n) is 5.28. The van der Waals surface area contributed by atoms with Crippen LogP contribution >= 0.6 is 11.8 Å². The van der Waals surface area contributed by atoms with Crippen LogP contribution in [0.4, 0.5) is 11.4 Å². The Labute approximate surface area is 139 Å². The van der Waals surface area contributed by atoms with Crippen LogP contribution in [-0.4, -0.2) is 16.6 Å². The third-order valence-corrected chi connectivity index (χ3v) is 4.32. The number of hydrogen-bond donors (Lipinski definition) is 1. The molecule has 2 aromatic rings. The molecule has 0 fully saturated rings. The zero-order valence-corrected chi connectivity index (χ0v) is 13.9. The second kappa shape index (κ2) is 7.78. The number of thioether (sulfide) groups is 1. The molecule has 0 aliphatic carbocycles. The summed E-state index contributed by atoms with van der Waals surface area (Å²) < 4.78 is 0. The van der Waals surface area contributed by atoms with Gasteiger partial charge in [0.1, 0.15) is 0 Å². The summed E-state index contributed by atoms with van der Waals surface area (Å²) in [6.07, 6.45) is 0. The second-order valence-corrected chi connectivity index (χ2v) is 6.27. The number of aryl methyl sites for hydroxylation is 2. The third-order valence-electron chi connectivity index (χ3n) is 3.32. The van der Waals surface area contributed by atoms with Gasteiger partial charge >= 0.3 is 0 Å². The topological polar surface area (TPSA) is 72.2 Å². The highest BCUT2D eigenvalue weighted by atomic mass is 32.2. The Morgan fingerprint density at radius 1 is 1.17 bits per heavy atom. The van der Waals surface area contributed by atoms with Gasteiger partial charge in [-0.05, 0) is 36.6 Å². The highest BCUT2D eigenvalue weighted by molar-refractivity contribution is 7.99. The number of nitrogens with one attached hydrogen (secondary N) is 1. The average Bonchev–Trinajstić information content (AvgIpc) is 2.51. The molecule has 0 aromatic heterocycles. The van der Waals surface area contributed by atoms with Gasteiger partial charge in [0.2, 0.25) is 5.91 Å². The summed E-state index contributed by atoms with van der Waals surface area (Å²) in [6, 6.07) is 12.3. The van der Waals surface area contributed by atoms with Crippen LogP contribution in [0.5, 0.6) is 0 Å². The van der Waals surface area contributed by atoms with Gasteiger partial charge in [0.05, 0.1) is 10.7 Å². The lowest BCUT2D eigenvalue weighted by Gasteiger charge is -2.09. The maximum absolute atomic E-state index is 12.0. The Kier molecular flexibility index (Phi) is 5.76. The molecular weight excluding hydrogens is 312 g/mol. The predicted octanol–water partition coefficient (Wildman–Crippen LogP) is 4.08. The fraction of sp³-hybridized carbons (Fsp3) is 0.235. The molecular formula is C17H18N2O3S. The van der Waals surface area contributed by atoms with Crippen molar-refractivity contribution in [2.24, 2.45) is 0 Å². The first-order valence-electron chi connectivity index (χ1n) is 7.14. The Hall–Kier alpha value is -2.34. The van der Waals surface area contributed by atoms with E-state index in [0.717, 1.165) is 22.4 Å². The first kappa shape index (κ1) is 17.0. The zero-order valence-electron chi connectivity index (χ0n) is 13.0. The van der Waals surface area contributed by atoms with Gasteiger partial charge in [-0.3, -0.25) is 14.9 Å². The SMILES string of the molecule is Cc1ccc(C)c(NC(=O)CSCc2ccc([N+](=O)[O-])cc2)c1. The maximum Gasteiger partial charge on any atom is 0.269 e. The Bertz CT molecular complexity index is 714. The molecule has 0 saturated heterocycles. The fourth-order valence-corrected chi connectivity index (χ4v) is 2.82. The van der Waals surface area contributed by atoms with E-state index in [4.69, 9.17) is 0 Å². The highest BCUT2D eigenvalue weighted by Gasteiger charge is 2.07. The number of carbonyl (C=O) groups excluding carboxylic acids is 1. The first-order valence-corrected chi connectivity index (χ1v) is 8.29. The van der Waals surface area contributed by atoms with E-state index < -0.39 is 4.92 Å². The number of anilines is 1. The standard InChI is InChI=1S/C17H18N2O3S/c1-12-3-4-13(2)16(9-12)18-17(20)11-23-10-14-5-7-15(8-6-14)19(21)22/h3-9H,10-11H2,1-2H3,(H,18,20). The van der Waals surface area contributed by atoms with Gasteiger partial charge in [-0.25, -0.2) is 0 Å². The summed E-state index contributed by atoms with van der Waals surface area (Å²) in [5.74, 6) is 0.924. The summed E-state index contributed by atoms with van der Waals surface area (Å²) in [7, 11) is 0. The Morgan fingerprint density at radius 2 is 1.87 bits per heavy atom. The minimum Gasteiger partial charge on any atom is -0.325 e. The summed E-state index contributed by atoms with van der Waals surface area (Å²) in [6.45, 7) is 3.94. The van der Waals surface area contributed by atoms with Gasteiger partial charge in [0.25, 0.3) is 5.69 Å². The highest BCUT2D eigenvalue weighted by Crippen LogP contribution is 2.19. The molecule has 0 radical (unpaired) electrons. The van der Waals surface area contributed by atoms with Crippen molar-refractivity contribution in [3.63, 3.8) is 0 Å². The minimum atomic E-state index is -0.422. The summed E-state index contributed by atoms with van der Waals surface area (Å²) in [4.78, 5) is 22.2. The molecule has 2 aromatic carbocycles. The molecule has 1 amide bonds. The summed E-state index contributed by atoms with van der Waals surface area (Å²) in [5, 5.41) is 13.5. The molecule has 6 heteroatoms. The van der Waals surface area contributed by atoms with Crippen LogP contribution in [0.1, 0.15) is 16.7 Å². The number of benzene rings is 2. The Balaban J connectivity index is 1.82. The average molecular weight is 330 g/mol. The van der Waals surface area contributed by atoms with E-state index in [1.54, 1.807) is 12.1 Å². The van der Waals surface area contributed by atoms with Crippen LogP contribution in [-0.2, 0) is 10.5 Å². The van der Waals surface area contributed by atoms with E-state index in [0.29, 0.717) is 11.5 Å². The van der Waals surface area contributed by atoms with Gasteiger partial charge in [-0.15, -0.1) is 11.8 Å². The molecule has 2 rings (SSSR count). The zero-order chi connectivity index (χ0) is 16.8. The van der Waals surface area contributed by atoms with Gasteiger partial charge in [0.15, 0.2) is 0 Å². The molecule has 5 nitrogen and oxygen atoms in total. The molecule has 120 valence electrons. The number of nitro benzene ring substituents is 1. The summed E-state index contributed by atoms with van der Waals surface area (Å²) in [5.41, 5.74) is 4.01. The van der Waals surface area contributed by atoms with Crippen molar-refractivity contribution >= 4 is 29.0 Å². The van der Waals surface area contributed by atoms with Crippen molar-refractivity contribution in [2.75, 3.05) is 11.1 Å². The third kappa shape index (κ3) is 5.10. The number of carbonyl (C=O) groups is 1. The van der Waals surface area contributed by atoms with Crippen molar-refractivity contribution in [3.8, 4) is 0 Å². The van der Waals surface area contributed by atoms with E-state index in [-0.39, 0.29) is 11.6 Å². The van der Waals surface area contributed by atoms with Crippen LogP contribution in [0.3, 0.4) is 0 Å². The lowest BCUT2D eigenvalue weighted by atomic mass is 10.1. The lowest BCUT2D eigenvalue weighted by Crippen LogP contribution is -2.15. The molecule has 23 heavy (non-hydrogen) atoms.